The van der Waals surface area contributed by atoms with Gasteiger partial charge in [-0.15, -0.1) is 11.3 Å². The first-order valence-corrected chi connectivity index (χ1v) is 11.6. The summed E-state index contributed by atoms with van der Waals surface area (Å²) in [6.45, 7) is 1.35. The van der Waals surface area contributed by atoms with Crippen molar-refractivity contribution in [1.29, 1.82) is 0 Å². The molecule has 0 unspecified atom stereocenters. The van der Waals surface area contributed by atoms with Crippen LogP contribution in [0.15, 0.2) is 29.6 Å². The summed E-state index contributed by atoms with van der Waals surface area (Å²) in [6, 6.07) is 8.20. The van der Waals surface area contributed by atoms with Crippen molar-refractivity contribution in [1.82, 2.24) is 5.32 Å². The van der Waals surface area contributed by atoms with E-state index in [1.54, 1.807) is 18.4 Å². The summed E-state index contributed by atoms with van der Waals surface area (Å²) in [7, 11) is 1.68. The second-order valence-corrected chi connectivity index (χ2v) is 10.5. The number of halogens is 1. The third-order valence-corrected chi connectivity index (χ3v) is 8.06. The summed E-state index contributed by atoms with van der Waals surface area (Å²) < 4.78 is 11.6. The van der Waals surface area contributed by atoms with Crippen molar-refractivity contribution < 1.29 is 9.47 Å². The van der Waals surface area contributed by atoms with E-state index in [0.29, 0.717) is 28.7 Å². The number of benzene rings is 1. The van der Waals surface area contributed by atoms with Gasteiger partial charge in [-0.3, -0.25) is 0 Å². The topological polar surface area (TPSA) is 30.5 Å². The van der Waals surface area contributed by atoms with E-state index in [0.717, 1.165) is 24.3 Å². The summed E-state index contributed by atoms with van der Waals surface area (Å²) in [5.74, 6) is 4.20. The Morgan fingerprint density at radius 1 is 1.14 bits per heavy atom. The lowest BCUT2D eigenvalue weighted by molar-refractivity contribution is -0.0206. The summed E-state index contributed by atoms with van der Waals surface area (Å²) in [4.78, 5) is 1.17. The minimum atomic E-state index is 0.350. The van der Waals surface area contributed by atoms with E-state index in [4.69, 9.17) is 21.1 Å². The SMILES string of the molecule is COc1cc(CNC23CC4CC(CC(C4)C2)C3)cc(Cl)c1OCc1cccs1. The maximum atomic E-state index is 6.58. The van der Waals surface area contributed by atoms with Crippen molar-refractivity contribution >= 4 is 22.9 Å². The second-order valence-electron chi connectivity index (χ2n) is 9.03. The van der Waals surface area contributed by atoms with E-state index >= 15 is 0 Å². The number of hydrogen-bond donors (Lipinski definition) is 1. The van der Waals surface area contributed by atoms with Crippen LogP contribution >= 0.6 is 22.9 Å². The molecular weight excluding hydrogens is 390 g/mol. The molecule has 2 aromatic rings. The first-order chi connectivity index (χ1) is 13.6. The molecule has 1 heterocycles. The van der Waals surface area contributed by atoms with E-state index in [-0.39, 0.29) is 0 Å². The van der Waals surface area contributed by atoms with Crippen molar-refractivity contribution in [3.63, 3.8) is 0 Å². The zero-order valence-electron chi connectivity index (χ0n) is 16.4. The number of ether oxygens (including phenoxy) is 2. The Balaban J connectivity index is 1.28. The molecule has 0 atom stereocenters. The van der Waals surface area contributed by atoms with Crippen LogP contribution in [0.5, 0.6) is 11.5 Å². The van der Waals surface area contributed by atoms with Gasteiger partial charge in [-0.2, -0.15) is 0 Å². The largest absolute Gasteiger partial charge is 0.493 e. The predicted octanol–water partition coefficient (Wildman–Crippen LogP) is 6.05. The first-order valence-electron chi connectivity index (χ1n) is 10.4. The zero-order valence-corrected chi connectivity index (χ0v) is 18.0. The van der Waals surface area contributed by atoms with Crippen LogP contribution in [0, 0.1) is 17.8 Å². The molecule has 4 bridgehead atoms. The highest BCUT2D eigenvalue weighted by molar-refractivity contribution is 7.09. The van der Waals surface area contributed by atoms with Crippen LogP contribution < -0.4 is 14.8 Å². The molecule has 0 amide bonds. The molecule has 0 aliphatic heterocycles. The molecule has 150 valence electrons. The molecule has 4 saturated carbocycles. The molecule has 0 saturated heterocycles. The Morgan fingerprint density at radius 2 is 1.86 bits per heavy atom. The zero-order chi connectivity index (χ0) is 19.1. The summed E-state index contributed by atoms with van der Waals surface area (Å²) in [5.41, 5.74) is 1.52. The summed E-state index contributed by atoms with van der Waals surface area (Å²) in [6.07, 6.45) is 8.47. The first kappa shape index (κ1) is 18.8. The molecule has 0 spiro atoms. The van der Waals surface area contributed by atoms with Crippen LogP contribution in [0.1, 0.15) is 49.0 Å². The Hall–Kier alpha value is -1.23. The van der Waals surface area contributed by atoms with E-state index in [9.17, 15) is 0 Å². The molecule has 4 fully saturated rings. The molecule has 1 aromatic heterocycles. The number of nitrogens with one attached hydrogen (secondary N) is 1. The van der Waals surface area contributed by atoms with E-state index in [2.05, 4.69) is 22.8 Å². The Bertz CT molecular complexity index is 800. The maximum absolute atomic E-state index is 6.58. The van der Waals surface area contributed by atoms with Crippen molar-refractivity contribution in [2.75, 3.05) is 7.11 Å². The monoisotopic (exact) mass is 417 g/mol. The fourth-order valence-electron chi connectivity index (χ4n) is 6.17. The number of thiophene rings is 1. The van der Waals surface area contributed by atoms with Gasteiger partial charge in [-0.05, 0) is 85.4 Å². The molecule has 28 heavy (non-hydrogen) atoms. The number of hydrogen-bond acceptors (Lipinski definition) is 4. The summed E-state index contributed by atoms with van der Waals surface area (Å²) in [5, 5.41) is 6.62. The average Bonchev–Trinajstić information content (AvgIpc) is 3.17. The Labute approximate surface area is 176 Å². The second kappa shape index (κ2) is 7.55. The van der Waals surface area contributed by atoms with Crippen LogP contribution in [0.4, 0.5) is 0 Å². The van der Waals surface area contributed by atoms with Gasteiger partial charge in [-0.25, -0.2) is 0 Å². The van der Waals surface area contributed by atoms with Gasteiger partial charge in [0.25, 0.3) is 0 Å². The number of rotatable bonds is 7. The van der Waals surface area contributed by atoms with Gasteiger partial charge in [-0.1, -0.05) is 17.7 Å². The van der Waals surface area contributed by atoms with E-state index < -0.39 is 0 Å². The lowest BCUT2D eigenvalue weighted by Crippen LogP contribution is -2.58. The fraction of sp³-hybridized carbons (Fsp3) is 0.565. The Kier molecular flexibility index (Phi) is 5.06. The maximum Gasteiger partial charge on any atom is 0.180 e. The quantitative estimate of drug-likeness (QED) is 0.595. The molecule has 0 radical (unpaired) electrons. The summed E-state index contributed by atoms with van der Waals surface area (Å²) >= 11 is 8.26. The molecule has 3 nitrogen and oxygen atoms in total. The van der Waals surface area contributed by atoms with Crippen molar-refractivity contribution in [3.05, 3.63) is 45.1 Å². The van der Waals surface area contributed by atoms with Crippen molar-refractivity contribution in [2.24, 2.45) is 17.8 Å². The molecular formula is C23H28ClNO2S. The lowest BCUT2D eigenvalue weighted by Gasteiger charge is -2.57. The molecule has 6 rings (SSSR count). The van der Waals surface area contributed by atoms with Crippen LogP contribution in [-0.4, -0.2) is 12.6 Å². The molecule has 5 heteroatoms. The van der Waals surface area contributed by atoms with Crippen LogP contribution in [0.3, 0.4) is 0 Å². The highest BCUT2D eigenvalue weighted by atomic mass is 35.5. The van der Waals surface area contributed by atoms with Crippen molar-refractivity contribution in [2.45, 2.75) is 57.2 Å². The van der Waals surface area contributed by atoms with Gasteiger partial charge in [0.05, 0.1) is 12.1 Å². The molecule has 1 aromatic carbocycles. The third-order valence-electron chi connectivity index (χ3n) is 6.93. The van der Waals surface area contributed by atoms with E-state index in [1.165, 1.54) is 49.0 Å². The highest BCUT2D eigenvalue weighted by Gasteiger charge is 2.50. The van der Waals surface area contributed by atoms with E-state index in [1.807, 2.05) is 12.1 Å². The normalized spacial score (nSPS) is 30.6. The van der Waals surface area contributed by atoms with Gasteiger partial charge in [0.15, 0.2) is 11.5 Å². The number of methoxy groups -OCH3 is 1. The predicted molar refractivity (Wildman–Crippen MR) is 114 cm³/mol. The van der Waals surface area contributed by atoms with Gasteiger partial charge >= 0.3 is 0 Å². The smallest absolute Gasteiger partial charge is 0.180 e. The minimum absolute atomic E-state index is 0.350. The Morgan fingerprint density at radius 3 is 2.46 bits per heavy atom. The van der Waals surface area contributed by atoms with Gasteiger partial charge in [0.2, 0.25) is 0 Å². The molecule has 4 aliphatic carbocycles. The van der Waals surface area contributed by atoms with Gasteiger partial charge in [0.1, 0.15) is 6.61 Å². The molecule has 4 aliphatic rings. The van der Waals surface area contributed by atoms with Gasteiger partial charge in [0, 0.05) is 17.0 Å². The molecule has 1 N–H and O–H groups in total. The van der Waals surface area contributed by atoms with Crippen LogP contribution in [0.25, 0.3) is 0 Å². The van der Waals surface area contributed by atoms with Crippen LogP contribution in [-0.2, 0) is 13.2 Å². The average molecular weight is 418 g/mol. The third kappa shape index (κ3) is 3.67. The fourth-order valence-corrected chi connectivity index (χ4v) is 7.07. The van der Waals surface area contributed by atoms with Gasteiger partial charge < -0.3 is 14.8 Å². The highest BCUT2D eigenvalue weighted by Crippen LogP contribution is 2.55. The van der Waals surface area contributed by atoms with Crippen molar-refractivity contribution in [3.8, 4) is 11.5 Å². The standard InChI is InChI=1S/C23H28ClNO2S/c1-26-21-9-18(8-20(24)22(21)27-14-19-3-2-4-28-19)13-25-23-10-15-5-16(11-23)7-17(6-15)12-23/h2-4,8-9,15-17,25H,5-7,10-14H2,1H3. The minimum Gasteiger partial charge on any atom is -0.493 e. The lowest BCUT2D eigenvalue weighted by atomic mass is 9.53. The van der Waals surface area contributed by atoms with Crippen LogP contribution in [0.2, 0.25) is 5.02 Å².